The summed E-state index contributed by atoms with van der Waals surface area (Å²) in [6, 6.07) is 6.68. The summed E-state index contributed by atoms with van der Waals surface area (Å²) in [5.74, 6) is 2.01. The topological polar surface area (TPSA) is 21.3 Å². The molecule has 3 heteroatoms. The number of aryl methyl sites for hydroxylation is 1. The third-order valence-corrected chi connectivity index (χ3v) is 4.16. The maximum Gasteiger partial charge on any atom is 0.123 e. The van der Waals surface area contributed by atoms with Crippen molar-refractivity contribution in [1.82, 2.24) is 5.32 Å². The summed E-state index contributed by atoms with van der Waals surface area (Å²) in [6.45, 7) is 8.86. The maximum atomic E-state index is 5.47. The lowest BCUT2D eigenvalue weighted by molar-refractivity contribution is 0.404. The Morgan fingerprint density at radius 2 is 2.00 bits per heavy atom. The van der Waals surface area contributed by atoms with Crippen molar-refractivity contribution in [2.45, 2.75) is 38.5 Å². The van der Waals surface area contributed by atoms with Gasteiger partial charge in [-0.15, -0.1) is 0 Å². The van der Waals surface area contributed by atoms with Gasteiger partial charge in [-0.05, 0) is 20.0 Å². The smallest absolute Gasteiger partial charge is 0.123 e. The first-order valence-electron chi connectivity index (χ1n) is 6.33. The second-order valence-electron chi connectivity index (χ2n) is 5.51. The third kappa shape index (κ3) is 4.54. The molecule has 0 aliphatic rings. The van der Waals surface area contributed by atoms with Crippen LogP contribution >= 0.6 is 11.8 Å². The van der Waals surface area contributed by atoms with Crippen LogP contribution in [0.3, 0.4) is 0 Å². The molecule has 1 N–H and O–H groups in total. The van der Waals surface area contributed by atoms with Crippen LogP contribution in [0, 0.1) is 6.92 Å². The van der Waals surface area contributed by atoms with Crippen molar-refractivity contribution in [3.05, 3.63) is 29.3 Å². The monoisotopic (exact) mass is 267 g/mol. The van der Waals surface area contributed by atoms with Crippen LogP contribution < -0.4 is 10.1 Å². The standard InChI is InChI=1S/C15H25NOS/c1-11-7-8-14(17-6)12(9-11)13(16-5)10-18-15(2,3)4/h7-9,13,16H,10H2,1-6H3. The molecule has 0 saturated carbocycles. The molecule has 1 unspecified atom stereocenters. The van der Waals surface area contributed by atoms with Crippen LogP contribution in [0.25, 0.3) is 0 Å². The number of methoxy groups -OCH3 is 1. The van der Waals surface area contributed by atoms with E-state index in [4.69, 9.17) is 4.74 Å². The summed E-state index contributed by atoms with van der Waals surface area (Å²) < 4.78 is 5.75. The Bertz CT molecular complexity index is 385. The van der Waals surface area contributed by atoms with E-state index in [0.717, 1.165) is 11.5 Å². The minimum atomic E-state index is 0.284. The lowest BCUT2D eigenvalue weighted by Crippen LogP contribution is -2.22. The van der Waals surface area contributed by atoms with Crippen LogP contribution in [-0.4, -0.2) is 24.7 Å². The second-order valence-corrected chi connectivity index (χ2v) is 7.36. The molecule has 102 valence electrons. The molecular formula is C15H25NOS. The Labute approximate surface area is 116 Å². The summed E-state index contributed by atoms with van der Waals surface area (Å²) in [4.78, 5) is 0. The summed E-state index contributed by atoms with van der Waals surface area (Å²) in [7, 11) is 3.74. The van der Waals surface area contributed by atoms with Gasteiger partial charge in [0.15, 0.2) is 0 Å². The third-order valence-electron chi connectivity index (χ3n) is 2.79. The molecule has 0 heterocycles. The van der Waals surface area contributed by atoms with Gasteiger partial charge in [0.2, 0.25) is 0 Å². The van der Waals surface area contributed by atoms with Crippen molar-refractivity contribution < 1.29 is 4.74 Å². The fourth-order valence-corrected chi connectivity index (χ4v) is 2.80. The van der Waals surface area contributed by atoms with E-state index >= 15 is 0 Å². The summed E-state index contributed by atoms with van der Waals surface area (Å²) in [5, 5.41) is 3.39. The number of ether oxygens (including phenoxy) is 1. The Hall–Kier alpha value is -0.670. The van der Waals surface area contributed by atoms with E-state index in [-0.39, 0.29) is 4.75 Å². The van der Waals surface area contributed by atoms with E-state index < -0.39 is 0 Å². The molecule has 0 aliphatic heterocycles. The van der Waals surface area contributed by atoms with Gasteiger partial charge in [-0.2, -0.15) is 11.8 Å². The van der Waals surface area contributed by atoms with E-state index in [1.165, 1.54) is 11.1 Å². The minimum Gasteiger partial charge on any atom is -0.496 e. The summed E-state index contributed by atoms with van der Waals surface area (Å²) in [6.07, 6.45) is 0. The van der Waals surface area contributed by atoms with Crippen LogP contribution in [0.15, 0.2) is 18.2 Å². The predicted octanol–water partition coefficient (Wildman–Crippen LogP) is 3.80. The van der Waals surface area contributed by atoms with E-state index in [0.29, 0.717) is 6.04 Å². The van der Waals surface area contributed by atoms with Crippen LogP contribution in [0.4, 0.5) is 0 Å². The lowest BCUT2D eigenvalue weighted by Gasteiger charge is -2.24. The van der Waals surface area contributed by atoms with Crippen molar-refractivity contribution in [2.24, 2.45) is 0 Å². The van der Waals surface area contributed by atoms with Gasteiger partial charge in [-0.1, -0.05) is 38.5 Å². The van der Waals surface area contributed by atoms with Gasteiger partial charge >= 0.3 is 0 Å². The van der Waals surface area contributed by atoms with Crippen molar-refractivity contribution in [3.63, 3.8) is 0 Å². The average Bonchev–Trinajstić information content (AvgIpc) is 2.28. The molecular weight excluding hydrogens is 242 g/mol. The molecule has 1 aromatic carbocycles. The van der Waals surface area contributed by atoms with Gasteiger partial charge in [0.1, 0.15) is 5.75 Å². The molecule has 0 aromatic heterocycles. The quantitative estimate of drug-likeness (QED) is 0.877. The molecule has 0 aliphatic carbocycles. The van der Waals surface area contributed by atoms with Crippen LogP contribution in [0.5, 0.6) is 5.75 Å². The molecule has 0 amide bonds. The average molecular weight is 267 g/mol. The molecule has 0 bridgehead atoms. The van der Waals surface area contributed by atoms with Crippen molar-refractivity contribution in [1.29, 1.82) is 0 Å². The van der Waals surface area contributed by atoms with E-state index in [1.807, 2.05) is 18.8 Å². The Kier molecular flexibility index (Phi) is 5.54. The molecule has 2 nitrogen and oxygen atoms in total. The molecule has 0 fully saturated rings. The maximum absolute atomic E-state index is 5.47. The van der Waals surface area contributed by atoms with Gasteiger partial charge in [-0.25, -0.2) is 0 Å². The van der Waals surface area contributed by atoms with Gasteiger partial charge < -0.3 is 10.1 Å². The molecule has 1 atom stereocenters. The highest BCUT2D eigenvalue weighted by Crippen LogP contribution is 2.32. The molecule has 18 heavy (non-hydrogen) atoms. The predicted molar refractivity (Wildman–Crippen MR) is 81.7 cm³/mol. The van der Waals surface area contributed by atoms with Crippen LogP contribution in [-0.2, 0) is 0 Å². The normalized spacial score (nSPS) is 13.4. The first kappa shape index (κ1) is 15.4. The van der Waals surface area contributed by atoms with Crippen LogP contribution in [0.2, 0.25) is 0 Å². The first-order chi connectivity index (χ1) is 8.37. The van der Waals surface area contributed by atoms with Gasteiger partial charge in [0.25, 0.3) is 0 Å². The highest BCUT2D eigenvalue weighted by Gasteiger charge is 2.18. The van der Waals surface area contributed by atoms with E-state index in [9.17, 15) is 0 Å². The molecule has 0 saturated heterocycles. The molecule has 0 radical (unpaired) electrons. The Morgan fingerprint density at radius 1 is 1.33 bits per heavy atom. The number of benzene rings is 1. The highest BCUT2D eigenvalue weighted by atomic mass is 32.2. The second kappa shape index (κ2) is 6.48. The zero-order valence-electron chi connectivity index (χ0n) is 12.3. The zero-order valence-corrected chi connectivity index (χ0v) is 13.1. The fraction of sp³-hybridized carbons (Fsp3) is 0.600. The first-order valence-corrected chi connectivity index (χ1v) is 7.31. The Balaban J connectivity index is 2.90. The number of thioether (sulfide) groups is 1. The van der Waals surface area contributed by atoms with Gasteiger partial charge in [-0.3, -0.25) is 0 Å². The number of hydrogen-bond donors (Lipinski definition) is 1. The number of hydrogen-bond acceptors (Lipinski definition) is 3. The fourth-order valence-electron chi connectivity index (χ4n) is 1.79. The molecule has 1 aromatic rings. The summed E-state index contributed by atoms with van der Waals surface area (Å²) >= 11 is 1.97. The highest BCUT2D eigenvalue weighted by molar-refractivity contribution is 8.00. The largest absolute Gasteiger partial charge is 0.496 e. The zero-order chi connectivity index (χ0) is 13.8. The van der Waals surface area contributed by atoms with Crippen molar-refractivity contribution in [2.75, 3.05) is 19.9 Å². The van der Waals surface area contributed by atoms with E-state index in [1.54, 1.807) is 7.11 Å². The minimum absolute atomic E-state index is 0.284. The van der Waals surface area contributed by atoms with Crippen molar-refractivity contribution in [3.8, 4) is 5.75 Å². The van der Waals surface area contributed by atoms with Crippen LogP contribution in [0.1, 0.15) is 37.9 Å². The number of rotatable bonds is 5. The van der Waals surface area contributed by atoms with Gasteiger partial charge in [0.05, 0.1) is 7.11 Å². The summed E-state index contributed by atoms with van der Waals surface area (Å²) in [5.41, 5.74) is 2.52. The van der Waals surface area contributed by atoms with Gasteiger partial charge in [0, 0.05) is 22.1 Å². The Morgan fingerprint density at radius 3 is 2.50 bits per heavy atom. The lowest BCUT2D eigenvalue weighted by atomic mass is 10.0. The number of nitrogens with one attached hydrogen (secondary N) is 1. The molecule has 0 spiro atoms. The molecule has 1 rings (SSSR count). The van der Waals surface area contributed by atoms with E-state index in [2.05, 4.69) is 51.2 Å². The SMILES string of the molecule is CNC(CSC(C)(C)C)c1cc(C)ccc1OC. The van der Waals surface area contributed by atoms with Crippen molar-refractivity contribution >= 4 is 11.8 Å².